The van der Waals surface area contributed by atoms with Crippen molar-refractivity contribution < 1.29 is 14.5 Å². The fraction of sp³-hybridized carbons (Fsp3) is 0.304. The Labute approximate surface area is 179 Å². The van der Waals surface area contributed by atoms with Crippen LogP contribution in [0, 0.1) is 15.5 Å². The van der Waals surface area contributed by atoms with Crippen LogP contribution in [0.5, 0.6) is 0 Å². The SMILES string of the molecule is CC1(C)CC(=O)C2=C(C1)N(c1ccccc1Cl)C(=O)CC2c1cccc([N+](=O)[O-])c1. The number of halogens is 1. The van der Waals surface area contributed by atoms with Crippen molar-refractivity contribution in [3.63, 3.8) is 0 Å². The molecule has 30 heavy (non-hydrogen) atoms. The summed E-state index contributed by atoms with van der Waals surface area (Å²) < 4.78 is 0. The molecule has 1 aliphatic carbocycles. The number of anilines is 1. The van der Waals surface area contributed by atoms with Crippen molar-refractivity contribution in [2.45, 2.75) is 39.0 Å². The minimum absolute atomic E-state index is 0.0256. The molecule has 154 valence electrons. The maximum atomic E-state index is 13.3. The van der Waals surface area contributed by atoms with Gasteiger partial charge in [0.25, 0.3) is 5.69 Å². The second-order valence-electron chi connectivity index (χ2n) is 8.59. The number of non-ortho nitro benzene ring substituents is 1. The first-order valence-electron chi connectivity index (χ1n) is 9.76. The predicted octanol–water partition coefficient (Wildman–Crippen LogP) is 5.41. The summed E-state index contributed by atoms with van der Waals surface area (Å²) in [6, 6.07) is 13.3. The van der Waals surface area contributed by atoms with Gasteiger partial charge in [-0.25, -0.2) is 0 Å². The zero-order valence-corrected chi connectivity index (χ0v) is 17.5. The van der Waals surface area contributed by atoms with Gasteiger partial charge in [0.1, 0.15) is 0 Å². The Bertz CT molecular complexity index is 1110. The maximum Gasteiger partial charge on any atom is 0.269 e. The number of amides is 1. The number of para-hydroxylation sites is 1. The summed E-state index contributed by atoms with van der Waals surface area (Å²) in [5, 5.41) is 11.7. The van der Waals surface area contributed by atoms with Crippen molar-refractivity contribution in [2.24, 2.45) is 5.41 Å². The van der Waals surface area contributed by atoms with E-state index in [1.165, 1.54) is 12.1 Å². The summed E-state index contributed by atoms with van der Waals surface area (Å²) in [6.45, 7) is 4.00. The normalized spacial score (nSPS) is 20.9. The number of nitro benzene ring substituents is 1. The molecule has 2 aliphatic rings. The number of carbonyl (C=O) groups is 2. The Balaban J connectivity index is 1.92. The van der Waals surface area contributed by atoms with Gasteiger partial charge in [-0.2, -0.15) is 0 Å². The van der Waals surface area contributed by atoms with Gasteiger partial charge >= 0.3 is 0 Å². The molecule has 4 rings (SSSR count). The van der Waals surface area contributed by atoms with E-state index < -0.39 is 10.8 Å². The molecule has 0 saturated carbocycles. The average molecular weight is 425 g/mol. The number of benzene rings is 2. The van der Waals surface area contributed by atoms with Crippen molar-refractivity contribution in [1.82, 2.24) is 0 Å². The van der Waals surface area contributed by atoms with Crippen molar-refractivity contribution in [2.75, 3.05) is 4.90 Å². The van der Waals surface area contributed by atoms with E-state index >= 15 is 0 Å². The van der Waals surface area contributed by atoms with Crippen LogP contribution in [0.25, 0.3) is 0 Å². The molecule has 2 aromatic rings. The zero-order chi connectivity index (χ0) is 21.6. The number of hydrogen-bond acceptors (Lipinski definition) is 4. The summed E-state index contributed by atoms with van der Waals surface area (Å²) in [4.78, 5) is 38.9. The van der Waals surface area contributed by atoms with Gasteiger partial charge < -0.3 is 0 Å². The lowest BCUT2D eigenvalue weighted by Crippen LogP contribution is -2.43. The number of allylic oxidation sites excluding steroid dienone is 2. The van der Waals surface area contributed by atoms with Crippen molar-refractivity contribution in [1.29, 1.82) is 0 Å². The van der Waals surface area contributed by atoms with E-state index in [-0.39, 0.29) is 29.2 Å². The second kappa shape index (κ2) is 7.36. The lowest BCUT2D eigenvalue weighted by atomic mass is 9.69. The van der Waals surface area contributed by atoms with Crippen LogP contribution < -0.4 is 4.90 Å². The highest BCUT2D eigenvalue weighted by Crippen LogP contribution is 2.49. The number of carbonyl (C=O) groups excluding carboxylic acids is 2. The lowest BCUT2D eigenvalue weighted by Gasteiger charge is -2.43. The largest absolute Gasteiger partial charge is 0.294 e. The van der Waals surface area contributed by atoms with E-state index in [1.54, 1.807) is 41.3 Å². The van der Waals surface area contributed by atoms with E-state index in [9.17, 15) is 19.7 Å². The van der Waals surface area contributed by atoms with E-state index in [1.807, 2.05) is 13.8 Å². The third kappa shape index (κ3) is 3.52. The topological polar surface area (TPSA) is 80.5 Å². The highest BCUT2D eigenvalue weighted by molar-refractivity contribution is 6.34. The highest BCUT2D eigenvalue weighted by atomic mass is 35.5. The van der Waals surface area contributed by atoms with Gasteiger partial charge in [0.15, 0.2) is 5.78 Å². The van der Waals surface area contributed by atoms with Crippen LogP contribution in [0.4, 0.5) is 11.4 Å². The lowest BCUT2D eigenvalue weighted by molar-refractivity contribution is -0.384. The molecule has 0 bridgehead atoms. The summed E-state index contributed by atoms with van der Waals surface area (Å²) in [7, 11) is 0. The molecule has 0 aromatic heterocycles. The molecule has 0 saturated heterocycles. The van der Waals surface area contributed by atoms with E-state index in [4.69, 9.17) is 11.6 Å². The number of hydrogen-bond donors (Lipinski definition) is 0. The smallest absolute Gasteiger partial charge is 0.269 e. The van der Waals surface area contributed by atoms with Gasteiger partial charge in [0.2, 0.25) is 5.91 Å². The molecule has 1 heterocycles. The molecule has 1 atom stereocenters. The molecule has 0 spiro atoms. The Morgan fingerprint density at radius 3 is 2.53 bits per heavy atom. The monoisotopic (exact) mass is 424 g/mol. The van der Waals surface area contributed by atoms with E-state index in [0.717, 1.165) is 0 Å². The summed E-state index contributed by atoms with van der Waals surface area (Å²) in [6.07, 6.45) is 0.954. The van der Waals surface area contributed by atoms with Gasteiger partial charge in [-0.15, -0.1) is 0 Å². The van der Waals surface area contributed by atoms with Gasteiger partial charge in [0, 0.05) is 42.2 Å². The number of rotatable bonds is 3. The van der Waals surface area contributed by atoms with Crippen LogP contribution in [-0.4, -0.2) is 16.6 Å². The van der Waals surface area contributed by atoms with Crippen LogP contribution >= 0.6 is 11.6 Å². The molecule has 1 unspecified atom stereocenters. The van der Waals surface area contributed by atoms with Crippen molar-refractivity contribution in [3.8, 4) is 0 Å². The molecule has 7 heteroatoms. The zero-order valence-electron chi connectivity index (χ0n) is 16.7. The summed E-state index contributed by atoms with van der Waals surface area (Å²) in [5.41, 5.74) is 2.02. The molecule has 0 fully saturated rings. The highest BCUT2D eigenvalue weighted by Gasteiger charge is 2.44. The van der Waals surface area contributed by atoms with E-state index in [0.29, 0.717) is 40.4 Å². The summed E-state index contributed by atoms with van der Waals surface area (Å²) >= 11 is 6.39. The fourth-order valence-corrected chi connectivity index (χ4v) is 4.69. The maximum absolute atomic E-state index is 13.3. The summed E-state index contributed by atoms with van der Waals surface area (Å²) in [5.74, 6) is -0.707. The Morgan fingerprint density at radius 2 is 1.83 bits per heavy atom. The van der Waals surface area contributed by atoms with Crippen LogP contribution in [0.1, 0.15) is 44.6 Å². The molecule has 0 radical (unpaired) electrons. The molecule has 2 aromatic carbocycles. The minimum Gasteiger partial charge on any atom is -0.294 e. The first-order valence-corrected chi connectivity index (χ1v) is 10.1. The van der Waals surface area contributed by atoms with Crippen molar-refractivity contribution >= 4 is 34.7 Å². The Hall–Kier alpha value is -2.99. The van der Waals surface area contributed by atoms with Gasteiger partial charge in [-0.1, -0.05) is 49.7 Å². The van der Waals surface area contributed by atoms with Crippen LogP contribution in [0.15, 0.2) is 59.8 Å². The van der Waals surface area contributed by atoms with Crippen LogP contribution in [-0.2, 0) is 9.59 Å². The molecular formula is C23H21ClN2O4. The van der Waals surface area contributed by atoms with Crippen molar-refractivity contribution in [3.05, 3.63) is 80.5 Å². The van der Waals surface area contributed by atoms with E-state index in [2.05, 4.69) is 0 Å². The van der Waals surface area contributed by atoms with Crippen LogP contribution in [0.3, 0.4) is 0 Å². The van der Waals surface area contributed by atoms with Gasteiger partial charge in [-0.05, 0) is 29.5 Å². The molecule has 1 aliphatic heterocycles. The van der Waals surface area contributed by atoms with Gasteiger partial charge in [0.05, 0.1) is 15.6 Å². The molecule has 1 amide bonds. The van der Waals surface area contributed by atoms with Gasteiger partial charge in [-0.3, -0.25) is 24.6 Å². The number of ketones is 1. The Kier molecular flexibility index (Phi) is 4.98. The first kappa shape index (κ1) is 20.3. The Morgan fingerprint density at radius 1 is 1.10 bits per heavy atom. The molecular weight excluding hydrogens is 404 g/mol. The predicted molar refractivity (Wildman–Crippen MR) is 114 cm³/mol. The third-order valence-electron chi connectivity index (χ3n) is 5.72. The van der Waals surface area contributed by atoms with Crippen LogP contribution in [0.2, 0.25) is 5.02 Å². The average Bonchev–Trinajstić information content (AvgIpc) is 2.67. The molecule has 0 N–H and O–H groups in total. The minimum atomic E-state index is -0.505. The molecule has 6 nitrogen and oxygen atoms in total. The standard InChI is InChI=1S/C23H21ClN2O4/c1-23(2)12-19-22(20(27)13-23)16(14-6-5-7-15(10-14)26(29)30)11-21(28)25(19)18-9-4-3-8-17(18)24/h3-10,16H,11-13H2,1-2H3. The first-order chi connectivity index (χ1) is 14.2. The quantitative estimate of drug-likeness (QED) is 0.487. The fourth-order valence-electron chi connectivity index (χ4n) is 4.47. The second-order valence-corrected chi connectivity index (χ2v) is 9.00. The number of nitrogens with zero attached hydrogens (tertiary/aromatic N) is 2. The third-order valence-corrected chi connectivity index (χ3v) is 6.04. The number of Topliss-reactive ketones (excluding diaryl/α,β-unsaturated/α-hetero) is 1. The number of nitro groups is 1.